The van der Waals surface area contributed by atoms with Crippen LogP contribution in [0.5, 0.6) is 0 Å². The van der Waals surface area contributed by atoms with Crippen LogP contribution < -0.4 is 0 Å². The topological polar surface area (TPSA) is 90.9 Å². The molecule has 8 heteroatoms. The van der Waals surface area contributed by atoms with Crippen molar-refractivity contribution < 1.29 is 9.72 Å². The van der Waals surface area contributed by atoms with Gasteiger partial charge in [0.2, 0.25) is 0 Å². The first kappa shape index (κ1) is 12.2. The Kier molecular flexibility index (Phi) is 3.38. The Morgan fingerprint density at radius 3 is 2.83 bits per heavy atom. The first-order chi connectivity index (χ1) is 8.61. The molecule has 1 aromatic carbocycles. The zero-order chi connectivity index (χ0) is 13.1. The van der Waals surface area contributed by atoms with E-state index in [0.29, 0.717) is 16.3 Å². The van der Waals surface area contributed by atoms with Crippen LogP contribution in [0.25, 0.3) is 0 Å². The van der Waals surface area contributed by atoms with Gasteiger partial charge in [-0.2, -0.15) is 0 Å². The van der Waals surface area contributed by atoms with Crippen LogP contribution in [0.3, 0.4) is 0 Å². The predicted octanol–water partition coefficient (Wildman–Crippen LogP) is 1.69. The summed E-state index contributed by atoms with van der Waals surface area (Å²) in [6, 6.07) is 4.30. The third-order valence-electron chi connectivity index (χ3n) is 2.19. The summed E-state index contributed by atoms with van der Waals surface area (Å²) in [5, 5.41) is 19.0. The lowest BCUT2D eigenvalue weighted by molar-refractivity contribution is -0.387. The van der Waals surface area contributed by atoms with E-state index in [1.807, 2.05) is 0 Å². The second-order valence-corrected chi connectivity index (χ2v) is 4.44. The van der Waals surface area contributed by atoms with Gasteiger partial charge in [-0.3, -0.25) is 14.9 Å². The number of nitro benzene ring substituents is 1. The summed E-state index contributed by atoms with van der Waals surface area (Å²) in [5.41, 5.74) is 0.150. The average Bonchev–Trinajstić information content (AvgIpc) is 2.75. The molecule has 0 bridgehead atoms. The van der Waals surface area contributed by atoms with Crippen molar-refractivity contribution in [2.45, 2.75) is 10.1 Å². The molecule has 1 heterocycles. The van der Waals surface area contributed by atoms with Gasteiger partial charge in [-0.1, -0.05) is 6.07 Å². The molecule has 18 heavy (non-hydrogen) atoms. The lowest BCUT2D eigenvalue weighted by Gasteiger charge is -2.02. The fourth-order valence-corrected chi connectivity index (χ4v) is 2.15. The number of aromatic nitrogens is 3. The van der Waals surface area contributed by atoms with Gasteiger partial charge in [0.25, 0.3) is 5.69 Å². The minimum absolute atomic E-state index is 0.118. The maximum atomic E-state index is 10.9. The van der Waals surface area contributed by atoms with Crippen molar-refractivity contribution in [3.05, 3.63) is 40.2 Å². The van der Waals surface area contributed by atoms with E-state index in [4.69, 9.17) is 0 Å². The lowest BCUT2D eigenvalue weighted by atomic mass is 10.2. The molecule has 2 rings (SSSR count). The molecule has 0 unspecified atom stereocenters. The van der Waals surface area contributed by atoms with Crippen LogP contribution in [-0.4, -0.2) is 26.0 Å². The second-order valence-electron chi connectivity index (χ2n) is 3.43. The SMILES string of the molecule is Cn1cnnc1Sc1ccc(C=O)cc1[N+](=O)[O-]. The molecule has 0 radical (unpaired) electrons. The summed E-state index contributed by atoms with van der Waals surface area (Å²) < 4.78 is 1.65. The van der Waals surface area contributed by atoms with Crippen LogP contribution >= 0.6 is 11.8 Å². The smallest absolute Gasteiger partial charge is 0.284 e. The van der Waals surface area contributed by atoms with Crippen molar-refractivity contribution in [1.82, 2.24) is 14.8 Å². The van der Waals surface area contributed by atoms with E-state index in [1.165, 1.54) is 24.5 Å². The van der Waals surface area contributed by atoms with Gasteiger partial charge in [0.15, 0.2) is 5.16 Å². The first-order valence-electron chi connectivity index (χ1n) is 4.87. The number of aryl methyl sites for hydroxylation is 1. The number of carbonyl (C=O) groups is 1. The maximum Gasteiger partial charge on any atom is 0.284 e. The van der Waals surface area contributed by atoms with Crippen LogP contribution in [0, 0.1) is 10.1 Å². The van der Waals surface area contributed by atoms with Gasteiger partial charge >= 0.3 is 0 Å². The molecule has 0 aliphatic carbocycles. The van der Waals surface area contributed by atoms with Crippen molar-refractivity contribution in [1.29, 1.82) is 0 Å². The van der Waals surface area contributed by atoms with E-state index >= 15 is 0 Å². The standard InChI is InChI=1S/C10H8N4O3S/c1-13-6-11-12-10(13)18-9-3-2-7(5-15)4-8(9)14(16)17/h2-6H,1H3. The molecule has 2 aromatic rings. The maximum absolute atomic E-state index is 10.9. The molecule has 0 aliphatic heterocycles. The molecule has 0 saturated heterocycles. The van der Waals surface area contributed by atoms with E-state index in [-0.39, 0.29) is 11.3 Å². The summed E-state index contributed by atoms with van der Waals surface area (Å²) in [4.78, 5) is 21.4. The molecule has 0 fully saturated rings. The fourth-order valence-electron chi connectivity index (χ4n) is 1.30. The molecule has 0 saturated carbocycles. The highest BCUT2D eigenvalue weighted by atomic mass is 32.2. The van der Waals surface area contributed by atoms with E-state index in [9.17, 15) is 14.9 Å². The molecular formula is C10H8N4O3S. The van der Waals surface area contributed by atoms with Gasteiger partial charge in [0, 0.05) is 18.7 Å². The fraction of sp³-hybridized carbons (Fsp3) is 0.100. The minimum Gasteiger partial charge on any atom is -0.311 e. The molecule has 0 atom stereocenters. The Morgan fingerprint density at radius 1 is 1.50 bits per heavy atom. The van der Waals surface area contributed by atoms with Gasteiger partial charge in [-0.05, 0) is 17.8 Å². The number of benzene rings is 1. The second kappa shape index (κ2) is 4.96. The third kappa shape index (κ3) is 2.38. The monoisotopic (exact) mass is 264 g/mol. The molecule has 0 spiro atoms. The Balaban J connectivity index is 2.41. The molecule has 0 amide bonds. The number of nitrogens with zero attached hydrogens (tertiary/aromatic N) is 4. The van der Waals surface area contributed by atoms with Gasteiger partial charge in [-0.15, -0.1) is 10.2 Å². The highest BCUT2D eigenvalue weighted by Crippen LogP contribution is 2.33. The summed E-state index contributed by atoms with van der Waals surface area (Å²) in [6.45, 7) is 0. The predicted molar refractivity (Wildman–Crippen MR) is 63.6 cm³/mol. The largest absolute Gasteiger partial charge is 0.311 e. The minimum atomic E-state index is -0.522. The van der Waals surface area contributed by atoms with Crippen molar-refractivity contribution in [2.75, 3.05) is 0 Å². The third-order valence-corrected chi connectivity index (χ3v) is 3.30. The van der Waals surface area contributed by atoms with Crippen LogP contribution in [0.2, 0.25) is 0 Å². The van der Waals surface area contributed by atoms with Crippen LogP contribution in [-0.2, 0) is 7.05 Å². The summed E-state index contributed by atoms with van der Waals surface area (Å²) in [5.74, 6) is 0. The van der Waals surface area contributed by atoms with Crippen molar-refractivity contribution in [3.8, 4) is 0 Å². The Labute approximate surface area is 106 Å². The number of hydrogen-bond donors (Lipinski definition) is 0. The number of hydrogen-bond acceptors (Lipinski definition) is 6. The van der Waals surface area contributed by atoms with Gasteiger partial charge < -0.3 is 4.57 Å². The number of aldehydes is 1. The van der Waals surface area contributed by atoms with Crippen molar-refractivity contribution >= 4 is 23.7 Å². The lowest BCUT2D eigenvalue weighted by Crippen LogP contribution is -1.95. The van der Waals surface area contributed by atoms with E-state index < -0.39 is 4.92 Å². The molecule has 0 aliphatic rings. The van der Waals surface area contributed by atoms with E-state index in [0.717, 1.165) is 11.8 Å². The molecule has 0 N–H and O–H groups in total. The summed E-state index contributed by atoms with van der Waals surface area (Å²) >= 11 is 1.13. The zero-order valence-corrected chi connectivity index (χ0v) is 10.1. The summed E-state index contributed by atoms with van der Waals surface area (Å²) in [7, 11) is 1.74. The van der Waals surface area contributed by atoms with Crippen LogP contribution in [0.4, 0.5) is 5.69 Å². The van der Waals surface area contributed by atoms with Crippen molar-refractivity contribution in [3.63, 3.8) is 0 Å². The Hall–Kier alpha value is -2.22. The highest BCUT2D eigenvalue weighted by molar-refractivity contribution is 7.99. The van der Waals surface area contributed by atoms with Gasteiger partial charge in [0.05, 0.1) is 9.82 Å². The number of nitro groups is 1. The molecule has 7 nitrogen and oxygen atoms in total. The number of carbonyl (C=O) groups excluding carboxylic acids is 1. The highest BCUT2D eigenvalue weighted by Gasteiger charge is 2.17. The molecule has 92 valence electrons. The first-order valence-corrected chi connectivity index (χ1v) is 5.69. The van der Waals surface area contributed by atoms with Gasteiger partial charge in [-0.25, -0.2) is 0 Å². The van der Waals surface area contributed by atoms with Gasteiger partial charge in [0.1, 0.15) is 12.6 Å². The summed E-state index contributed by atoms with van der Waals surface area (Å²) in [6.07, 6.45) is 2.08. The quantitative estimate of drug-likeness (QED) is 0.474. The average molecular weight is 264 g/mol. The Bertz CT molecular complexity index is 611. The Morgan fingerprint density at radius 2 is 2.28 bits per heavy atom. The van der Waals surface area contributed by atoms with Crippen molar-refractivity contribution in [2.24, 2.45) is 7.05 Å². The van der Waals surface area contributed by atoms with E-state index in [2.05, 4.69) is 10.2 Å². The zero-order valence-electron chi connectivity index (χ0n) is 9.31. The number of rotatable bonds is 4. The normalized spacial score (nSPS) is 10.3. The van der Waals surface area contributed by atoms with Crippen LogP contribution in [0.15, 0.2) is 34.6 Å². The van der Waals surface area contributed by atoms with Crippen LogP contribution in [0.1, 0.15) is 10.4 Å². The molecular weight excluding hydrogens is 256 g/mol. The molecule has 1 aromatic heterocycles. The van der Waals surface area contributed by atoms with E-state index in [1.54, 1.807) is 11.6 Å².